The molecule has 8 heteroatoms. The highest BCUT2D eigenvalue weighted by Crippen LogP contribution is 2.35. The third-order valence-electron chi connectivity index (χ3n) is 3.38. The summed E-state index contributed by atoms with van der Waals surface area (Å²) in [5, 5.41) is 11.5. The molecule has 0 bridgehead atoms. The molecule has 0 aromatic carbocycles. The Balaban J connectivity index is 0.00000176. The van der Waals surface area contributed by atoms with Crippen molar-refractivity contribution < 1.29 is 0 Å². The number of fused-ring (bicyclic) bond motifs is 1. The van der Waals surface area contributed by atoms with Crippen LogP contribution >= 0.6 is 23.7 Å². The van der Waals surface area contributed by atoms with Gasteiger partial charge in [0.15, 0.2) is 0 Å². The van der Waals surface area contributed by atoms with E-state index in [0.717, 1.165) is 16.1 Å². The molecule has 0 aliphatic heterocycles. The Morgan fingerprint density at radius 1 is 1.55 bits per heavy atom. The predicted molar refractivity (Wildman–Crippen MR) is 89.4 cm³/mol. The molecule has 0 saturated carbocycles. The van der Waals surface area contributed by atoms with Gasteiger partial charge in [-0.3, -0.25) is 4.79 Å². The number of nitrogens with one attached hydrogen (secondary N) is 1. The summed E-state index contributed by atoms with van der Waals surface area (Å²) < 4.78 is 1.80. The summed E-state index contributed by atoms with van der Waals surface area (Å²) in [4.78, 5) is 19.9. The number of nitrogens with zero attached hydrogens (tertiary/aromatic N) is 3. The minimum Gasteiger partial charge on any atom is -0.332 e. The number of nitrogens with two attached hydrogens (primary N) is 1. The number of hydrogen-bond acceptors (Lipinski definition) is 5. The van der Waals surface area contributed by atoms with E-state index in [2.05, 4.69) is 16.0 Å². The minimum atomic E-state index is -0.259. The van der Waals surface area contributed by atoms with Gasteiger partial charge in [0.1, 0.15) is 22.7 Å². The summed E-state index contributed by atoms with van der Waals surface area (Å²) in [6.45, 7) is 2.81. The van der Waals surface area contributed by atoms with E-state index in [1.807, 2.05) is 18.4 Å². The van der Waals surface area contributed by atoms with Gasteiger partial charge in [-0.25, -0.2) is 4.98 Å². The van der Waals surface area contributed by atoms with Crippen LogP contribution in [0.2, 0.25) is 0 Å². The summed E-state index contributed by atoms with van der Waals surface area (Å²) in [6, 6.07) is 4.18. The Morgan fingerprint density at radius 2 is 2.32 bits per heavy atom. The number of halogens is 1. The fourth-order valence-corrected chi connectivity index (χ4v) is 3.48. The number of aromatic nitrogens is 3. The Morgan fingerprint density at radius 3 is 2.91 bits per heavy atom. The van der Waals surface area contributed by atoms with Gasteiger partial charge in [0.25, 0.3) is 5.56 Å². The van der Waals surface area contributed by atoms with E-state index >= 15 is 0 Å². The van der Waals surface area contributed by atoms with Gasteiger partial charge in [-0.15, -0.1) is 23.7 Å². The summed E-state index contributed by atoms with van der Waals surface area (Å²) in [5.74, 6) is 0. The van der Waals surface area contributed by atoms with Crippen LogP contribution in [0.1, 0.15) is 11.1 Å². The van der Waals surface area contributed by atoms with E-state index in [0.29, 0.717) is 29.7 Å². The van der Waals surface area contributed by atoms with Crippen molar-refractivity contribution in [2.24, 2.45) is 5.73 Å². The van der Waals surface area contributed by atoms with Crippen molar-refractivity contribution in [1.29, 1.82) is 5.26 Å². The van der Waals surface area contributed by atoms with E-state index in [-0.39, 0.29) is 18.0 Å². The monoisotopic (exact) mass is 335 g/mol. The van der Waals surface area contributed by atoms with Crippen LogP contribution in [0.3, 0.4) is 0 Å². The predicted octanol–water partition coefficient (Wildman–Crippen LogP) is 2.01. The Kier molecular flexibility index (Phi) is 4.66. The van der Waals surface area contributed by atoms with Crippen molar-refractivity contribution >= 4 is 34.8 Å². The molecule has 0 saturated heterocycles. The van der Waals surface area contributed by atoms with Gasteiger partial charge in [-0.1, -0.05) is 0 Å². The number of aryl methyl sites for hydroxylation is 1. The lowest BCUT2D eigenvalue weighted by atomic mass is 10.1. The lowest BCUT2D eigenvalue weighted by Gasteiger charge is -2.08. The first-order chi connectivity index (χ1) is 10.2. The highest BCUT2D eigenvalue weighted by atomic mass is 35.5. The first-order valence-corrected chi connectivity index (χ1v) is 7.31. The molecule has 3 rings (SSSR count). The van der Waals surface area contributed by atoms with E-state index in [1.165, 1.54) is 6.33 Å². The number of H-pyrrole nitrogens is 1. The van der Waals surface area contributed by atoms with Crippen molar-refractivity contribution in [3.63, 3.8) is 0 Å². The van der Waals surface area contributed by atoms with Crippen LogP contribution in [-0.4, -0.2) is 21.1 Å². The van der Waals surface area contributed by atoms with Gasteiger partial charge in [0, 0.05) is 13.1 Å². The van der Waals surface area contributed by atoms with E-state index < -0.39 is 0 Å². The zero-order valence-corrected chi connectivity index (χ0v) is 13.4. The molecular weight excluding hydrogens is 322 g/mol. The normalized spacial score (nSPS) is 10.4. The Labute approximate surface area is 136 Å². The lowest BCUT2D eigenvalue weighted by molar-refractivity contribution is 0.738. The van der Waals surface area contributed by atoms with E-state index in [9.17, 15) is 10.1 Å². The third-order valence-corrected chi connectivity index (χ3v) is 4.41. The number of nitriles is 1. The topological polar surface area (TPSA) is 100 Å². The highest BCUT2D eigenvalue weighted by molar-refractivity contribution is 7.13. The van der Waals surface area contributed by atoms with Crippen molar-refractivity contribution in [1.82, 2.24) is 14.5 Å². The number of thiophene rings is 1. The SMILES string of the molecule is Cc1ccsc1-c1c(C#N)c2nc[nH]c(=O)c2n1CCN.Cl. The van der Waals surface area contributed by atoms with Crippen LogP contribution in [0, 0.1) is 18.3 Å². The second-order valence-electron chi connectivity index (χ2n) is 4.64. The maximum Gasteiger partial charge on any atom is 0.275 e. The van der Waals surface area contributed by atoms with Crippen LogP contribution in [0.5, 0.6) is 0 Å². The molecule has 22 heavy (non-hydrogen) atoms. The third kappa shape index (κ3) is 2.31. The molecule has 3 heterocycles. The molecule has 0 atom stereocenters. The number of aromatic amines is 1. The fourth-order valence-electron chi connectivity index (χ4n) is 2.49. The lowest BCUT2D eigenvalue weighted by Crippen LogP contribution is -2.16. The number of rotatable bonds is 3. The van der Waals surface area contributed by atoms with Gasteiger partial charge in [-0.2, -0.15) is 5.26 Å². The van der Waals surface area contributed by atoms with Gasteiger partial charge < -0.3 is 15.3 Å². The average Bonchev–Trinajstić information content (AvgIpc) is 3.01. The molecule has 0 radical (unpaired) electrons. The molecule has 3 aromatic heterocycles. The summed E-state index contributed by atoms with van der Waals surface area (Å²) >= 11 is 1.54. The molecule has 0 amide bonds. The Hall–Kier alpha value is -2.14. The summed E-state index contributed by atoms with van der Waals surface area (Å²) in [7, 11) is 0. The smallest absolute Gasteiger partial charge is 0.275 e. The van der Waals surface area contributed by atoms with Crippen LogP contribution in [0.25, 0.3) is 21.6 Å². The van der Waals surface area contributed by atoms with Gasteiger partial charge in [-0.05, 0) is 23.9 Å². The zero-order chi connectivity index (χ0) is 15.0. The molecule has 3 N–H and O–H groups in total. The van der Waals surface area contributed by atoms with E-state index in [1.54, 1.807) is 15.9 Å². The van der Waals surface area contributed by atoms with Crippen LogP contribution in [0.4, 0.5) is 0 Å². The van der Waals surface area contributed by atoms with Gasteiger partial charge >= 0.3 is 0 Å². The molecule has 3 aromatic rings. The van der Waals surface area contributed by atoms with Crippen molar-refractivity contribution in [3.8, 4) is 16.6 Å². The first-order valence-electron chi connectivity index (χ1n) is 6.43. The van der Waals surface area contributed by atoms with Crippen molar-refractivity contribution in [2.75, 3.05) is 6.54 Å². The van der Waals surface area contributed by atoms with Crippen molar-refractivity contribution in [2.45, 2.75) is 13.5 Å². The maximum atomic E-state index is 12.1. The summed E-state index contributed by atoms with van der Waals surface area (Å²) in [5.41, 5.74) is 8.48. The molecule has 0 aliphatic carbocycles. The molecule has 114 valence electrons. The standard InChI is InChI=1S/C14H13N5OS.ClH/c1-8-2-5-21-13(8)11-9(6-16)10-12(19(11)4-3-15)14(20)18-7-17-10;/h2,5,7H,3-4,15H2,1H3,(H,17,18,20);1H. The van der Waals surface area contributed by atoms with Crippen LogP contribution < -0.4 is 11.3 Å². The largest absolute Gasteiger partial charge is 0.332 e. The minimum absolute atomic E-state index is 0. The highest BCUT2D eigenvalue weighted by Gasteiger charge is 2.23. The van der Waals surface area contributed by atoms with Gasteiger partial charge in [0.2, 0.25) is 0 Å². The van der Waals surface area contributed by atoms with Gasteiger partial charge in [0.05, 0.1) is 16.9 Å². The maximum absolute atomic E-state index is 12.1. The quantitative estimate of drug-likeness (QED) is 0.764. The van der Waals surface area contributed by atoms with Crippen LogP contribution in [-0.2, 0) is 6.54 Å². The first kappa shape index (κ1) is 16.2. The molecule has 0 spiro atoms. The Bertz CT molecular complexity index is 918. The second-order valence-corrected chi connectivity index (χ2v) is 5.55. The molecule has 0 unspecified atom stereocenters. The molecular formula is C14H14ClN5OS. The second kappa shape index (κ2) is 6.32. The van der Waals surface area contributed by atoms with Crippen molar-refractivity contribution in [3.05, 3.63) is 39.3 Å². The average molecular weight is 336 g/mol. The van der Waals surface area contributed by atoms with E-state index in [4.69, 9.17) is 5.73 Å². The molecule has 0 fully saturated rings. The molecule has 6 nitrogen and oxygen atoms in total. The fraction of sp³-hybridized carbons (Fsp3) is 0.214. The summed E-state index contributed by atoms with van der Waals surface area (Å²) in [6.07, 6.45) is 1.32. The van der Waals surface area contributed by atoms with Crippen LogP contribution in [0.15, 0.2) is 22.6 Å². The molecule has 0 aliphatic rings. The zero-order valence-electron chi connectivity index (χ0n) is 11.8. The number of hydrogen-bond donors (Lipinski definition) is 2.